The van der Waals surface area contributed by atoms with E-state index in [-0.39, 0.29) is 5.84 Å². The summed E-state index contributed by atoms with van der Waals surface area (Å²) in [6.07, 6.45) is 0.466. The molecule has 0 spiro atoms. The fourth-order valence-corrected chi connectivity index (χ4v) is 2.48. The van der Waals surface area contributed by atoms with E-state index in [0.717, 1.165) is 33.7 Å². The van der Waals surface area contributed by atoms with Gasteiger partial charge in [0, 0.05) is 13.0 Å². The summed E-state index contributed by atoms with van der Waals surface area (Å²) in [5.74, 6) is 0.950. The molecule has 0 aliphatic carbocycles. The summed E-state index contributed by atoms with van der Waals surface area (Å²) in [7, 11) is 0. The molecule has 0 unspecified atom stereocenters. The van der Waals surface area contributed by atoms with Crippen LogP contribution in [0.2, 0.25) is 0 Å². The van der Waals surface area contributed by atoms with Gasteiger partial charge in [-0.25, -0.2) is 0 Å². The summed E-state index contributed by atoms with van der Waals surface area (Å²) in [4.78, 5) is 0. The van der Waals surface area contributed by atoms with Crippen LogP contribution < -0.4 is 10.5 Å². The predicted molar refractivity (Wildman–Crippen MR) is 86.7 cm³/mol. The van der Waals surface area contributed by atoms with Crippen molar-refractivity contribution in [1.82, 2.24) is 9.78 Å². The monoisotopic (exact) mass is 350 g/mol. The fraction of sp³-hybridized carbons (Fsp3) is 0.333. The molecule has 5 nitrogen and oxygen atoms in total. The maximum atomic E-state index is 7.28. The summed E-state index contributed by atoms with van der Waals surface area (Å²) < 4.78 is 8.74. The minimum Gasteiger partial charge on any atom is -0.487 e. The molecule has 6 heteroatoms. The van der Waals surface area contributed by atoms with Gasteiger partial charge in [-0.1, -0.05) is 12.1 Å². The Labute approximate surface area is 132 Å². The number of hydrogen-bond donors (Lipinski definition) is 2. The number of hydrogen-bond acceptors (Lipinski definition) is 3. The highest BCUT2D eigenvalue weighted by molar-refractivity contribution is 9.10. The minimum atomic E-state index is 0.162. The van der Waals surface area contributed by atoms with E-state index in [1.165, 1.54) is 0 Å². The molecule has 1 aromatic carbocycles. The van der Waals surface area contributed by atoms with Crippen LogP contribution in [0.25, 0.3) is 0 Å². The van der Waals surface area contributed by atoms with Crippen molar-refractivity contribution < 1.29 is 4.74 Å². The first-order chi connectivity index (χ1) is 10.0. The molecule has 0 radical (unpaired) electrons. The molecule has 0 saturated carbocycles. The van der Waals surface area contributed by atoms with Crippen molar-refractivity contribution in [3.8, 4) is 5.75 Å². The number of amidine groups is 1. The van der Waals surface area contributed by atoms with E-state index >= 15 is 0 Å². The summed E-state index contributed by atoms with van der Waals surface area (Å²) in [5.41, 5.74) is 8.39. The number of nitrogens with zero attached hydrogens (tertiary/aromatic N) is 2. The van der Waals surface area contributed by atoms with Crippen LogP contribution in [0.1, 0.15) is 23.9 Å². The Morgan fingerprint density at radius 1 is 1.38 bits per heavy atom. The Morgan fingerprint density at radius 2 is 2.05 bits per heavy atom. The molecular weight excluding hydrogens is 332 g/mol. The molecule has 0 aliphatic rings. The van der Waals surface area contributed by atoms with Crippen LogP contribution in [0.3, 0.4) is 0 Å². The standard InChI is InChI=1S/C15H19BrN4O/c1-3-20-13(15(16)10(2)19-20)9-21-12-6-4-11(5-7-12)8-14(17)18/h4-7H,3,8-9H2,1-2H3,(H3,17,18). The summed E-state index contributed by atoms with van der Waals surface area (Å²) in [6, 6.07) is 7.64. The molecule has 112 valence electrons. The van der Waals surface area contributed by atoms with Gasteiger partial charge in [-0.3, -0.25) is 10.1 Å². The van der Waals surface area contributed by atoms with E-state index in [0.29, 0.717) is 13.0 Å². The van der Waals surface area contributed by atoms with Gasteiger partial charge >= 0.3 is 0 Å². The number of nitrogens with two attached hydrogens (primary N) is 1. The lowest BCUT2D eigenvalue weighted by Gasteiger charge is -2.09. The van der Waals surface area contributed by atoms with Gasteiger partial charge in [-0.15, -0.1) is 0 Å². The maximum Gasteiger partial charge on any atom is 0.131 e. The maximum absolute atomic E-state index is 7.28. The molecule has 3 N–H and O–H groups in total. The van der Waals surface area contributed by atoms with Crippen molar-refractivity contribution in [1.29, 1.82) is 5.41 Å². The first kappa shape index (κ1) is 15.6. The van der Waals surface area contributed by atoms with Crippen LogP contribution in [-0.2, 0) is 19.6 Å². The zero-order valence-electron chi connectivity index (χ0n) is 12.2. The lowest BCUT2D eigenvalue weighted by molar-refractivity contribution is 0.291. The lowest BCUT2D eigenvalue weighted by atomic mass is 10.1. The predicted octanol–water partition coefficient (Wildman–Crippen LogP) is 3.03. The van der Waals surface area contributed by atoms with Crippen molar-refractivity contribution in [2.24, 2.45) is 5.73 Å². The largest absolute Gasteiger partial charge is 0.487 e. The van der Waals surface area contributed by atoms with Crippen LogP contribution in [-0.4, -0.2) is 15.6 Å². The fourth-order valence-electron chi connectivity index (χ4n) is 2.08. The summed E-state index contributed by atoms with van der Waals surface area (Å²) in [6.45, 7) is 5.29. The number of nitrogens with one attached hydrogen (secondary N) is 1. The highest BCUT2D eigenvalue weighted by atomic mass is 79.9. The molecule has 2 aromatic rings. The van der Waals surface area contributed by atoms with Gasteiger partial charge in [0.1, 0.15) is 12.4 Å². The van der Waals surface area contributed by atoms with Crippen LogP contribution in [0.15, 0.2) is 28.7 Å². The molecule has 0 aliphatic heterocycles. The van der Waals surface area contributed by atoms with Gasteiger partial charge < -0.3 is 10.5 Å². The molecule has 2 rings (SSSR count). The quantitative estimate of drug-likeness (QED) is 0.620. The molecule has 0 amide bonds. The molecule has 1 aromatic heterocycles. The number of rotatable bonds is 6. The molecule has 1 heterocycles. The average Bonchev–Trinajstić information content (AvgIpc) is 2.73. The first-order valence-corrected chi connectivity index (χ1v) is 7.57. The Kier molecular flexibility index (Phi) is 5.01. The second-order valence-electron chi connectivity index (χ2n) is 4.80. The number of aromatic nitrogens is 2. The van der Waals surface area contributed by atoms with Crippen molar-refractivity contribution in [2.45, 2.75) is 33.4 Å². The Balaban J connectivity index is 2.05. The third-order valence-corrected chi connectivity index (χ3v) is 4.18. The first-order valence-electron chi connectivity index (χ1n) is 6.77. The Hall–Kier alpha value is -1.82. The highest BCUT2D eigenvalue weighted by Crippen LogP contribution is 2.23. The van der Waals surface area contributed by atoms with Crippen LogP contribution in [0, 0.1) is 12.3 Å². The van der Waals surface area contributed by atoms with Gasteiger partial charge in [-0.2, -0.15) is 5.10 Å². The molecule has 0 saturated heterocycles. The molecule has 0 bridgehead atoms. The lowest BCUT2D eigenvalue weighted by Crippen LogP contribution is -2.12. The number of aryl methyl sites for hydroxylation is 2. The minimum absolute atomic E-state index is 0.162. The number of benzene rings is 1. The Morgan fingerprint density at radius 3 is 2.62 bits per heavy atom. The van der Waals surface area contributed by atoms with Crippen molar-refractivity contribution in [2.75, 3.05) is 0 Å². The molecule has 0 fully saturated rings. The van der Waals surface area contributed by atoms with Crippen molar-refractivity contribution in [3.63, 3.8) is 0 Å². The zero-order chi connectivity index (χ0) is 15.4. The third kappa shape index (κ3) is 3.85. The normalized spacial score (nSPS) is 10.6. The van der Waals surface area contributed by atoms with E-state index in [2.05, 4.69) is 28.0 Å². The Bertz CT molecular complexity index is 634. The average molecular weight is 351 g/mol. The number of halogens is 1. The number of ether oxygens (including phenoxy) is 1. The molecule has 0 atom stereocenters. The summed E-state index contributed by atoms with van der Waals surface area (Å²) >= 11 is 3.55. The topological polar surface area (TPSA) is 76.9 Å². The van der Waals surface area contributed by atoms with Gasteiger partial charge in [0.25, 0.3) is 0 Å². The van der Waals surface area contributed by atoms with Gasteiger partial charge in [0.2, 0.25) is 0 Å². The van der Waals surface area contributed by atoms with Gasteiger partial charge in [0.15, 0.2) is 0 Å². The highest BCUT2D eigenvalue weighted by Gasteiger charge is 2.12. The second-order valence-corrected chi connectivity index (χ2v) is 5.59. The molecular formula is C15H19BrN4O. The zero-order valence-corrected chi connectivity index (χ0v) is 13.8. The second kappa shape index (κ2) is 6.76. The van der Waals surface area contributed by atoms with Crippen molar-refractivity contribution in [3.05, 3.63) is 45.7 Å². The molecule has 21 heavy (non-hydrogen) atoms. The summed E-state index contributed by atoms with van der Waals surface area (Å²) in [5, 5.41) is 11.7. The van der Waals surface area contributed by atoms with Gasteiger partial charge in [-0.05, 0) is 47.5 Å². The van der Waals surface area contributed by atoms with E-state index < -0.39 is 0 Å². The van der Waals surface area contributed by atoms with Crippen molar-refractivity contribution >= 4 is 21.8 Å². The van der Waals surface area contributed by atoms with Crippen LogP contribution in [0.4, 0.5) is 0 Å². The van der Waals surface area contributed by atoms with E-state index in [9.17, 15) is 0 Å². The van der Waals surface area contributed by atoms with Crippen LogP contribution in [0.5, 0.6) is 5.75 Å². The van der Waals surface area contributed by atoms with Gasteiger partial charge in [0.05, 0.1) is 21.7 Å². The van der Waals surface area contributed by atoms with E-state index in [4.69, 9.17) is 15.9 Å². The van der Waals surface area contributed by atoms with E-state index in [1.54, 1.807) is 0 Å². The van der Waals surface area contributed by atoms with E-state index in [1.807, 2.05) is 35.9 Å². The smallest absolute Gasteiger partial charge is 0.131 e. The SMILES string of the molecule is CCn1nc(C)c(Br)c1COc1ccc(CC(=N)N)cc1. The third-order valence-electron chi connectivity index (χ3n) is 3.15. The van der Waals surface area contributed by atoms with Crippen LogP contribution >= 0.6 is 15.9 Å².